The standard InChI is InChI=1S/C14H15NO2S/c1-9(2)10-3-5-11(6-4-10)12-8-18-13(15-12)7-14(16)17/h3-6,8-9H,7H2,1-2H3,(H,16,17). The number of thiazole rings is 1. The van der Waals surface area contributed by atoms with Gasteiger partial charge in [0.25, 0.3) is 0 Å². The number of nitrogens with zero attached hydrogens (tertiary/aromatic N) is 1. The zero-order chi connectivity index (χ0) is 13.1. The van der Waals surface area contributed by atoms with Gasteiger partial charge in [0.05, 0.1) is 12.1 Å². The third-order valence-corrected chi connectivity index (χ3v) is 3.58. The first-order valence-electron chi connectivity index (χ1n) is 5.83. The second-order valence-electron chi connectivity index (χ2n) is 4.47. The molecule has 0 radical (unpaired) electrons. The molecule has 0 spiro atoms. The number of carbonyl (C=O) groups is 1. The maximum absolute atomic E-state index is 10.6. The molecule has 3 nitrogen and oxygen atoms in total. The van der Waals surface area contributed by atoms with Crippen molar-refractivity contribution >= 4 is 17.3 Å². The molecule has 18 heavy (non-hydrogen) atoms. The van der Waals surface area contributed by atoms with Crippen LogP contribution in [0.4, 0.5) is 0 Å². The Kier molecular flexibility index (Phi) is 3.77. The molecule has 4 heteroatoms. The summed E-state index contributed by atoms with van der Waals surface area (Å²) >= 11 is 1.39. The maximum atomic E-state index is 10.6. The van der Waals surface area contributed by atoms with Crippen LogP contribution in [0.5, 0.6) is 0 Å². The van der Waals surface area contributed by atoms with Gasteiger partial charge in [-0.25, -0.2) is 4.98 Å². The average Bonchev–Trinajstić information content (AvgIpc) is 2.76. The van der Waals surface area contributed by atoms with Crippen LogP contribution in [0, 0.1) is 0 Å². The van der Waals surface area contributed by atoms with E-state index in [-0.39, 0.29) is 6.42 Å². The van der Waals surface area contributed by atoms with Crippen LogP contribution >= 0.6 is 11.3 Å². The van der Waals surface area contributed by atoms with Gasteiger partial charge < -0.3 is 5.11 Å². The monoisotopic (exact) mass is 261 g/mol. The summed E-state index contributed by atoms with van der Waals surface area (Å²) in [6, 6.07) is 8.26. The molecule has 1 aromatic carbocycles. The minimum Gasteiger partial charge on any atom is -0.481 e. The van der Waals surface area contributed by atoms with E-state index in [1.165, 1.54) is 16.9 Å². The molecule has 0 unspecified atom stereocenters. The molecule has 94 valence electrons. The van der Waals surface area contributed by atoms with Crippen molar-refractivity contribution in [3.63, 3.8) is 0 Å². The van der Waals surface area contributed by atoms with E-state index in [9.17, 15) is 4.79 Å². The number of benzene rings is 1. The highest BCUT2D eigenvalue weighted by atomic mass is 32.1. The fourth-order valence-corrected chi connectivity index (χ4v) is 2.49. The lowest BCUT2D eigenvalue weighted by atomic mass is 10.0. The zero-order valence-electron chi connectivity index (χ0n) is 10.4. The Morgan fingerprint density at radius 1 is 1.33 bits per heavy atom. The lowest BCUT2D eigenvalue weighted by molar-refractivity contribution is -0.136. The number of hydrogen-bond donors (Lipinski definition) is 1. The zero-order valence-corrected chi connectivity index (χ0v) is 11.2. The number of carboxylic acid groups (broad SMARTS) is 1. The van der Waals surface area contributed by atoms with Gasteiger partial charge in [0.15, 0.2) is 0 Å². The SMILES string of the molecule is CC(C)c1ccc(-c2csc(CC(=O)O)n2)cc1. The van der Waals surface area contributed by atoms with E-state index in [1.54, 1.807) is 0 Å². The number of aromatic nitrogens is 1. The van der Waals surface area contributed by atoms with Gasteiger partial charge in [0, 0.05) is 10.9 Å². The first kappa shape index (κ1) is 12.8. The van der Waals surface area contributed by atoms with Gasteiger partial charge in [-0.1, -0.05) is 38.1 Å². The number of hydrogen-bond acceptors (Lipinski definition) is 3. The highest BCUT2D eigenvalue weighted by Gasteiger charge is 2.08. The lowest BCUT2D eigenvalue weighted by Gasteiger charge is -2.05. The fraction of sp³-hybridized carbons (Fsp3) is 0.286. The highest BCUT2D eigenvalue weighted by Crippen LogP contribution is 2.24. The van der Waals surface area contributed by atoms with Crippen LogP contribution in [0.3, 0.4) is 0 Å². The van der Waals surface area contributed by atoms with Crippen molar-refractivity contribution < 1.29 is 9.90 Å². The quantitative estimate of drug-likeness (QED) is 0.915. The Balaban J connectivity index is 2.20. The molecule has 0 aliphatic carbocycles. The summed E-state index contributed by atoms with van der Waals surface area (Å²) in [4.78, 5) is 14.9. The van der Waals surface area contributed by atoms with E-state index in [0.29, 0.717) is 10.9 Å². The summed E-state index contributed by atoms with van der Waals surface area (Å²) in [6.07, 6.45) is -0.00521. The van der Waals surface area contributed by atoms with Gasteiger partial charge in [-0.3, -0.25) is 4.79 Å². The van der Waals surface area contributed by atoms with Crippen molar-refractivity contribution in [3.05, 3.63) is 40.2 Å². The predicted molar refractivity (Wildman–Crippen MR) is 73.0 cm³/mol. The summed E-state index contributed by atoms with van der Waals surface area (Å²) < 4.78 is 0. The summed E-state index contributed by atoms with van der Waals surface area (Å²) in [5.41, 5.74) is 3.18. The fourth-order valence-electron chi connectivity index (χ4n) is 1.69. The average molecular weight is 261 g/mol. The molecule has 0 saturated heterocycles. The van der Waals surface area contributed by atoms with Crippen molar-refractivity contribution in [2.75, 3.05) is 0 Å². The molecule has 0 aliphatic rings. The Morgan fingerprint density at radius 2 is 2.00 bits per heavy atom. The van der Waals surface area contributed by atoms with E-state index in [0.717, 1.165) is 11.3 Å². The van der Waals surface area contributed by atoms with Crippen LogP contribution in [0.25, 0.3) is 11.3 Å². The van der Waals surface area contributed by atoms with Crippen LogP contribution in [0.15, 0.2) is 29.6 Å². The van der Waals surface area contributed by atoms with Crippen LogP contribution in [-0.2, 0) is 11.2 Å². The summed E-state index contributed by atoms with van der Waals surface area (Å²) in [7, 11) is 0. The van der Waals surface area contributed by atoms with Crippen molar-refractivity contribution in [2.45, 2.75) is 26.2 Å². The smallest absolute Gasteiger partial charge is 0.310 e. The Morgan fingerprint density at radius 3 is 2.56 bits per heavy atom. The largest absolute Gasteiger partial charge is 0.481 e. The van der Waals surface area contributed by atoms with E-state index in [2.05, 4.69) is 31.0 Å². The number of rotatable bonds is 4. The van der Waals surface area contributed by atoms with Gasteiger partial charge in [-0.2, -0.15) is 0 Å². The van der Waals surface area contributed by atoms with E-state index in [1.807, 2.05) is 17.5 Å². The molecule has 2 aromatic rings. The molecule has 0 atom stereocenters. The molecule has 0 saturated carbocycles. The first-order chi connectivity index (χ1) is 8.56. The molecule has 1 heterocycles. The van der Waals surface area contributed by atoms with Crippen LogP contribution in [0.2, 0.25) is 0 Å². The second-order valence-corrected chi connectivity index (χ2v) is 5.42. The molecule has 0 aliphatic heterocycles. The molecule has 1 aromatic heterocycles. The van der Waals surface area contributed by atoms with Gasteiger partial charge in [-0.15, -0.1) is 11.3 Å². The normalized spacial score (nSPS) is 10.8. The minimum atomic E-state index is -0.842. The van der Waals surface area contributed by atoms with Gasteiger partial charge >= 0.3 is 5.97 Å². The Bertz CT molecular complexity index is 543. The van der Waals surface area contributed by atoms with Crippen molar-refractivity contribution in [2.24, 2.45) is 0 Å². The second kappa shape index (κ2) is 5.31. The van der Waals surface area contributed by atoms with Gasteiger partial charge in [0.1, 0.15) is 5.01 Å². The van der Waals surface area contributed by atoms with Crippen molar-refractivity contribution in [1.29, 1.82) is 0 Å². The highest BCUT2D eigenvalue weighted by molar-refractivity contribution is 7.10. The molecule has 0 fully saturated rings. The summed E-state index contributed by atoms with van der Waals surface area (Å²) in [6.45, 7) is 4.31. The van der Waals surface area contributed by atoms with Gasteiger partial charge in [-0.05, 0) is 11.5 Å². The summed E-state index contributed by atoms with van der Waals surface area (Å²) in [5, 5.41) is 11.3. The van der Waals surface area contributed by atoms with E-state index >= 15 is 0 Å². The van der Waals surface area contributed by atoms with Crippen LogP contribution in [0.1, 0.15) is 30.3 Å². The third-order valence-electron chi connectivity index (χ3n) is 2.73. The van der Waals surface area contributed by atoms with E-state index < -0.39 is 5.97 Å². The number of carboxylic acids is 1. The summed E-state index contributed by atoms with van der Waals surface area (Å²) in [5.74, 6) is -0.330. The number of aliphatic carboxylic acids is 1. The Labute approximate surface area is 110 Å². The first-order valence-corrected chi connectivity index (χ1v) is 6.70. The molecule has 1 N–H and O–H groups in total. The topological polar surface area (TPSA) is 50.2 Å². The molecule has 0 amide bonds. The molecule has 0 bridgehead atoms. The molecular weight excluding hydrogens is 246 g/mol. The Hall–Kier alpha value is -1.68. The maximum Gasteiger partial charge on any atom is 0.310 e. The van der Waals surface area contributed by atoms with Crippen LogP contribution < -0.4 is 0 Å². The van der Waals surface area contributed by atoms with Crippen molar-refractivity contribution in [1.82, 2.24) is 4.98 Å². The van der Waals surface area contributed by atoms with Crippen LogP contribution in [-0.4, -0.2) is 16.1 Å². The lowest BCUT2D eigenvalue weighted by Crippen LogP contribution is -1.99. The van der Waals surface area contributed by atoms with Gasteiger partial charge in [0.2, 0.25) is 0 Å². The molecular formula is C14H15NO2S. The van der Waals surface area contributed by atoms with Crippen molar-refractivity contribution in [3.8, 4) is 11.3 Å². The minimum absolute atomic E-state index is 0.00521. The van der Waals surface area contributed by atoms with E-state index in [4.69, 9.17) is 5.11 Å². The third kappa shape index (κ3) is 2.96. The predicted octanol–water partition coefficient (Wildman–Crippen LogP) is 3.56. The molecule has 2 rings (SSSR count).